The number of aryl methyl sites for hydroxylation is 2. The molecule has 0 bridgehead atoms. The molecule has 8 rings (SSSR count). The van der Waals surface area contributed by atoms with Gasteiger partial charge in [0, 0.05) is 35.0 Å². The zero-order valence-electron chi connectivity index (χ0n) is 27.3. The molecule has 4 aromatic rings. The molecule has 1 saturated heterocycles. The summed E-state index contributed by atoms with van der Waals surface area (Å²) in [5.74, 6) is 4.71. The number of allylic oxidation sites excluding steroid dienone is 6. The van der Waals surface area contributed by atoms with E-state index in [0.29, 0.717) is 17.2 Å². The first-order valence-electron chi connectivity index (χ1n) is 15.8. The van der Waals surface area contributed by atoms with Crippen LogP contribution in [0.4, 0.5) is 5.69 Å². The maximum atomic E-state index is 7.20. The lowest BCUT2D eigenvalue weighted by atomic mass is 9.82. The van der Waals surface area contributed by atoms with E-state index in [1.54, 1.807) is 14.2 Å². The first kappa shape index (κ1) is 30.6. The second-order valence-corrected chi connectivity index (χ2v) is 14.8. The summed E-state index contributed by atoms with van der Waals surface area (Å²) in [7, 11) is 2.39. The number of hydrogen-bond acceptors (Lipinski definition) is 7. The second-order valence-electron chi connectivity index (χ2n) is 12.0. The molecule has 0 radical (unpaired) electrons. The van der Waals surface area contributed by atoms with Gasteiger partial charge in [0.2, 0.25) is 8.30 Å². The maximum absolute atomic E-state index is 7.20. The van der Waals surface area contributed by atoms with Crippen LogP contribution >= 0.6 is 16.9 Å². The number of hydrogen-bond donors (Lipinski definition) is 0. The van der Waals surface area contributed by atoms with Crippen molar-refractivity contribution >= 4 is 27.9 Å². The second kappa shape index (κ2) is 12.4. The van der Waals surface area contributed by atoms with Crippen LogP contribution in [0.3, 0.4) is 0 Å². The van der Waals surface area contributed by atoms with Crippen molar-refractivity contribution in [1.29, 1.82) is 0 Å². The maximum Gasteiger partial charge on any atom is 0.529 e. The Bertz CT molecular complexity index is 2020. The van der Waals surface area contributed by atoms with E-state index in [-0.39, 0.29) is 11.8 Å². The van der Waals surface area contributed by atoms with Crippen molar-refractivity contribution in [3.8, 4) is 45.3 Å². The number of para-hydroxylation sites is 1. The summed E-state index contributed by atoms with van der Waals surface area (Å²) in [5.41, 5.74) is 6.92. The molecule has 2 heterocycles. The molecule has 48 heavy (non-hydrogen) atoms. The Morgan fingerprint density at radius 1 is 0.667 bits per heavy atom. The molecule has 0 saturated carbocycles. The summed E-state index contributed by atoms with van der Waals surface area (Å²) < 4.78 is 40.6. The molecule has 2 aliphatic carbocycles. The van der Waals surface area contributed by atoms with Crippen LogP contribution < -0.4 is 28.5 Å². The highest BCUT2D eigenvalue weighted by Gasteiger charge is 2.42. The van der Waals surface area contributed by atoms with Gasteiger partial charge in [-0.1, -0.05) is 60.7 Å². The van der Waals surface area contributed by atoms with Crippen molar-refractivity contribution in [2.75, 3.05) is 25.9 Å². The SMILES string of the molecule is COc1cc(C)c(OP2OC3=CC=CC4C=CC=C(O2)C34)c(-c2cc(OC)cc(C)c2OP2c3ccccc3-c3ccccc3N2C)c1. The van der Waals surface area contributed by atoms with E-state index in [2.05, 4.69) is 72.4 Å². The predicted molar refractivity (Wildman–Crippen MR) is 193 cm³/mol. The fraction of sp³-hybridized carbons (Fsp3) is 0.179. The first-order valence-corrected chi connectivity index (χ1v) is 18.1. The fourth-order valence-corrected chi connectivity index (χ4v) is 9.86. The molecule has 4 aromatic carbocycles. The highest BCUT2D eigenvalue weighted by Crippen LogP contribution is 2.59. The summed E-state index contributed by atoms with van der Waals surface area (Å²) in [5, 5.41) is 1.15. The topological polar surface area (TPSA) is 58.6 Å². The Hall–Kier alpha value is -4.70. The van der Waals surface area contributed by atoms with Gasteiger partial charge in [-0.25, -0.2) is 0 Å². The molecule has 4 aliphatic rings. The van der Waals surface area contributed by atoms with Crippen molar-refractivity contribution in [2.45, 2.75) is 13.8 Å². The molecule has 9 heteroatoms. The molecule has 1 atom stereocenters. The predicted octanol–water partition coefficient (Wildman–Crippen LogP) is 9.91. The Morgan fingerprint density at radius 2 is 1.23 bits per heavy atom. The van der Waals surface area contributed by atoms with Crippen molar-refractivity contribution in [1.82, 2.24) is 0 Å². The van der Waals surface area contributed by atoms with Gasteiger partial charge in [-0.15, -0.1) is 0 Å². The molecule has 1 unspecified atom stereocenters. The standard InChI is InChI=1S/C39H35NO6P2/c1-24-20-27(41-4)22-31(38(24)45-47-36-19-9-7-15-30(36)29-14-6-8-16-33(29)40(47)3)32-23-28(42-5)21-25(2)39(32)46-48-43-34-17-10-12-26-13-11-18-35(44-48)37(26)34/h6-23,26,37H,1-5H3. The lowest BCUT2D eigenvalue weighted by Gasteiger charge is -2.37. The number of nitrogens with zero attached hydrogens (tertiary/aromatic N) is 1. The quantitative estimate of drug-likeness (QED) is 0.181. The average Bonchev–Trinajstić information content (AvgIpc) is 3.11. The summed E-state index contributed by atoms with van der Waals surface area (Å²) in [4.78, 5) is 0. The Morgan fingerprint density at radius 3 is 1.85 bits per heavy atom. The summed E-state index contributed by atoms with van der Waals surface area (Å²) in [6.07, 6.45) is 12.4. The number of methoxy groups -OCH3 is 2. The molecule has 0 amide bonds. The van der Waals surface area contributed by atoms with E-state index in [4.69, 9.17) is 27.6 Å². The van der Waals surface area contributed by atoms with E-state index in [1.165, 1.54) is 11.1 Å². The molecule has 1 fully saturated rings. The molecule has 0 aromatic heterocycles. The van der Waals surface area contributed by atoms with Gasteiger partial charge >= 0.3 is 8.60 Å². The van der Waals surface area contributed by atoms with E-state index < -0.39 is 16.9 Å². The van der Waals surface area contributed by atoms with Crippen LogP contribution in [-0.2, 0) is 9.05 Å². The summed E-state index contributed by atoms with van der Waals surface area (Å²) >= 11 is 0. The molecule has 0 N–H and O–H groups in total. The van der Waals surface area contributed by atoms with Gasteiger partial charge in [-0.2, -0.15) is 0 Å². The summed E-state index contributed by atoms with van der Waals surface area (Å²) in [6, 6.07) is 24.9. The molecule has 0 spiro atoms. The Kier molecular flexibility index (Phi) is 7.91. The van der Waals surface area contributed by atoms with E-state index in [9.17, 15) is 0 Å². The van der Waals surface area contributed by atoms with Crippen LogP contribution in [0.5, 0.6) is 23.0 Å². The van der Waals surface area contributed by atoms with E-state index in [0.717, 1.165) is 50.5 Å². The summed E-state index contributed by atoms with van der Waals surface area (Å²) in [6.45, 7) is 4.05. The number of anilines is 1. The molecule has 242 valence electrons. The largest absolute Gasteiger partial charge is 0.529 e. The highest BCUT2D eigenvalue weighted by atomic mass is 31.2. The van der Waals surface area contributed by atoms with Gasteiger partial charge in [-0.05, 0) is 79.1 Å². The van der Waals surface area contributed by atoms with Crippen molar-refractivity contribution in [2.24, 2.45) is 11.8 Å². The lowest BCUT2D eigenvalue weighted by molar-refractivity contribution is 0.185. The Labute approximate surface area is 283 Å². The van der Waals surface area contributed by atoms with Gasteiger partial charge in [0.25, 0.3) is 0 Å². The van der Waals surface area contributed by atoms with Crippen LogP contribution in [0.15, 0.2) is 121 Å². The molecular formula is C39H35NO6P2. The fourth-order valence-electron chi connectivity index (χ4n) is 6.72. The number of benzene rings is 4. The minimum atomic E-state index is -1.80. The van der Waals surface area contributed by atoms with Crippen molar-refractivity contribution in [3.63, 3.8) is 0 Å². The van der Waals surface area contributed by atoms with Crippen LogP contribution in [0.2, 0.25) is 0 Å². The van der Waals surface area contributed by atoms with Crippen molar-refractivity contribution < 1.29 is 27.6 Å². The van der Waals surface area contributed by atoms with Gasteiger partial charge in [-0.3, -0.25) is 0 Å². The van der Waals surface area contributed by atoms with Crippen molar-refractivity contribution in [3.05, 3.63) is 132 Å². The third-order valence-corrected chi connectivity index (χ3v) is 12.0. The average molecular weight is 676 g/mol. The van der Waals surface area contributed by atoms with E-state index >= 15 is 0 Å². The van der Waals surface area contributed by atoms with Crippen LogP contribution in [0, 0.1) is 25.7 Å². The minimum Gasteiger partial charge on any atom is -0.497 e. The van der Waals surface area contributed by atoms with Gasteiger partial charge in [0.15, 0.2) is 0 Å². The zero-order valence-corrected chi connectivity index (χ0v) is 29.1. The lowest BCUT2D eigenvalue weighted by Crippen LogP contribution is -2.27. The third kappa shape index (κ3) is 5.23. The number of rotatable bonds is 7. The number of ether oxygens (including phenoxy) is 2. The first-order chi connectivity index (χ1) is 23.4. The van der Waals surface area contributed by atoms with Crippen LogP contribution in [0.25, 0.3) is 22.3 Å². The highest BCUT2D eigenvalue weighted by molar-refractivity contribution is 7.63. The third-order valence-electron chi connectivity index (χ3n) is 9.07. The molecule has 2 aliphatic heterocycles. The van der Waals surface area contributed by atoms with Crippen LogP contribution in [0.1, 0.15) is 11.1 Å². The minimum absolute atomic E-state index is 0.0302. The number of fused-ring (bicyclic) bond motifs is 3. The smallest absolute Gasteiger partial charge is 0.497 e. The molecular weight excluding hydrogens is 640 g/mol. The van der Waals surface area contributed by atoms with Gasteiger partial charge < -0.3 is 32.2 Å². The van der Waals surface area contributed by atoms with Crippen LogP contribution in [-0.4, -0.2) is 21.3 Å². The Balaban J connectivity index is 1.23. The zero-order chi connectivity index (χ0) is 32.9. The molecule has 7 nitrogen and oxygen atoms in total. The van der Waals surface area contributed by atoms with Gasteiger partial charge in [0.05, 0.1) is 25.8 Å². The normalized spacial score (nSPS) is 21.4. The van der Waals surface area contributed by atoms with Gasteiger partial charge in [0.1, 0.15) is 34.5 Å². The monoisotopic (exact) mass is 675 g/mol. The van der Waals surface area contributed by atoms with E-state index in [1.807, 2.05) is 62.4 Å².